The van der Waals surface area contributed by atoms with Crippen LogP contribution in [0.2, 0.25) is 0 Å². The minimum atomic E-state index is -3.22. The van der Waals surface area contributed by atoms with Crippen molar-refractivity contribution in [2.75, 3.05) is 0 Å². The highest BCUT2D eigenvalue weighted by molar-refractivity contribution is 9.10. The number of carbonyl (C=O) groups is 1. The van der Waals surface area contributed by atoms with E-state index in [4.69, 9.17) is 5.11 Å². The third-order valence-electron chi connectivity index (χ3n) is 3.51. The molecule has 112 valence electrons. The molecule has 0 aromatic heterocycles. The minimum absolute atomic E-state index is 0.143. The van der Waals surface area contributed by atoms with E-state index in [1.165, 1.54) is 19.9 Å². The molecule has 2 nitrogen and oxygen atoms in total. The average Bonchev–Trinajstić information content (AvgIpc) is 2.37. The lowest BCUT2D eigenvalue weighted by Gasteiger charge is -2.27. The molecule has 2 rings (SSSR count). The zero-order chi connectivity index (χ0) is 15.8. The fourth-order valence-electron chi connectivity index (χ4n) is 2.31. The molecule has 0 saturated heterocycles. The molecule has 0 unspecified atom stereocenters. The number of hydrogen-bond acceptors (Lipinski definition) is 1. The quantitative estimate of drug-likeness (QED) is 0.817. The highest BCUT2D eigenvalue weighted by Crippen LogP contribution is 2.43. The molecule has 0 saturated carbocycles. The van der Waals surface area contributed by atoms with E-state index in [-0.39, 0.29) is 5.56 Å². The van der Waals surface area contributed by atoms with Crippen LogP contribution in [0.25, 0.3) is 10.8 Å². The molecule has 0 aliphatic rings. The largest absolute Gasteiger partial charge is 0.481 e. The van der Waals surface area contributed by atoms with Crippen LogP contribution in [-0.2, 0) is 10.7 Å². The maximum Gasteiger partial charge on any atom is 0.309 e. The molecule has 1 N–H and O–H groups in total. The second kappa shape index (κ2) is 5.37. The van der Waals surface area contributed by atoms with Crippen molar-refractivity contribution in [2.45, 2.75) is 26.2 Å². The van der Waals surface area contributed by atoms with Gasteiger partial charge in [0.1, 0.15) is 0 Å². The number of fused-ring (bicyclic) bond motifs is 1. The van der Waals surface area contributed by atoms with E-state index in [1.54, 1.807) is 30.3 Å². The summed E-state index contributed by atoms with van der Waals surface area (Å²) >= 11 is 3.34. The SMILES string of the molecule is CC(C)(CC(F)(F)c1ccc(Br)c2ccccc12)C(=O)O. The Kier molecular flexibility index (Phi) is 4.06. The summed E-state index contributed by atoms with van der Waals surface area (Å²) in [5.41, 5.74) is -1.65. The summed E-state index contributed by atoms with van der Waals surface area (Å²) in [6.07, 6.45) is -0.749. The van der Waals surface area contributed by atoms with Crippen LogP contribution >= 0.6 is 15.9 Å². The van der Waals surface area contributed by atoms with Crippen LogP contribution in [0.15, 0.2) is 40.9 Å². The molecule has 2 aromatic carbocycles. The lowest BCUT2D eigenvalue weighted by molar-refractivity contribution is -0.153. The van der Waals surface area contributed by atoms with E-state index in [0.717, 1.165) is 4.47 Å². The molecule has 2 aromatic rings. The monoisotopic (exact) mass is 356 g/mol. The molecule has 0 radical (unpaired) electrons. The summed E-state index contributed by atoms with van der Waals surface area (Å²) in [4.78, 5) is 11.1. The summed E-state index contributed by atoms with van der Waals surface area (Å²) in [5.74, 6) is -4.45. The first-order valence-electron chi connectivity index (χ1n) is 6.44. The van der Waals surface area contributed by atoms with Gasteiger partial charge >= 0.3 is 5.97 Å². The van der Waals surface area contributed by atoms with E-state index in [0.29, 0.717) is 10.8 Å². The topological polar surface area (TPSA) is 37.3 Å². The molecule has 0 bridgehead atoms. The Balaban J connectivity index is 2.55. The zero-order valence-electron chi connectivity index (χ0n) is 11.7. The van der Waals surface area contributed by atoms with Gasteiger partial charge in [-0.05, 0) is 30.7 Å². The van der Waals surface area contributed by atoms with Crippen molar-refractivity contribution >= 4 is 32.7 Å². The van der Waals surface area contributed by atoms with Gasteiger partial charge in [-0.3, -0.25) is 4.79 Å². The van der Waals surface area contributed by atoms with E-state index in [9.17, 15) is 13.6 Å². The summed E-state index contributed by atoms with van der Waals surface area (Å²) in [5, 5.41) is 10.2. The van der Waals surface area contributed by atoms with Gasteiger partial charge in [-0.2, -0.15) is 0 Å². The number of benzene rings is 2. The van der Waals surface area contributed by atoms with Crippen molar-refractivity contribution in [3.8, 4) is 0 Å². The smallest absolute Gasteiger partial charge is 0.309 e. The fourth-order valence-corrected chi connectivity index (χ4v) is 2.79. The van der Waals surface area contributed by atoms with Gasteiger partial charge in [-0.25, -0.2) is 8.78 Å². The maximum absolute atomic E-state index is 14.6. The molecule has 0 aliphatic heterocycles. The second-order valence-corrected chi connectivity index (χ2v) is 6.57. The molecular formula is C16H15BrF2O2. The predicted molar refractivity (Wildman–Crippen MR) is 81.6 cm³/mol. The van der Waals surface area contributed by atoms with Crippen LogP contribution < -0.4 is 0 Å². The Morgan fingerprint density at radius 1 is 1.14 bits per heavy atom. The van der Waals surface area contributed by atoms with Crippen LogP contribution in [0.5, 0.6) is 0 Å². The lowest BCUT2D eigenvalue weighted by atomic mass is 9.83. The first kappa shape index (κ1) is 15.9. The van der Waals surface area contributed by atoms with Gasteiger partial charge in [-0.15, -0.1) is 0 Å². The summed E-state index contributed by atoms with van der Waals surface area (Å²) < 4.78 is 29.9. The number of aliphatic carboxylic acids is 1. The second-order valence-electron chi connectivity index (χ2n) is 5.71. The molecule has 0 aliphatic carbocycles. The maximum atomic E-state index is 14.6. The van der Waals surface area contributed by atoms with E-state index in [2.05, 4.69) is 15.9 Å². The predicted octanol–water partition coefficient (Wildman–Crippen LogP) is 5.20. The Labute approximate surface area is 129 Å². The van der Waals surface area contributed by atoms with Gasteiger partial charge < -0.3 is 5.11 Å². The average molecular weight is 357 g/mol. The van der Waals surface area contributed by atoms with E-state index in [1.807, 2.05) is 0 Å². The Bertz CT molecular complexity index is 696. The minimum Gasteiger partial charge on any atom is -0.481 e. The van der Waals surface area contributed by atoms with Crippen molar-refractivity contribution in [1.29, 1.82) is 0 Å². The van der Waals surface area contributed by atoms with Crippen LogP contribution in [0.3, 0.4) is 0 Å². The van der Waals surface area contributed by atoms with Crippen LogP contribution in [0, 0.1) is 5.41 Å². The van der Waals surface area contributed by atoms with Gasteiger partial charge in [0.2, 0.25) is 0 Å². The number of alkyl halides is 2. The van der Waals surface area contributed by atoms with Gasteiger partial charge in [0.15, 0.2) is 0 Å². The molecule has 0 atom stereocenters. The van der Waals surface area contributed by atoms with Crippen molar-refractivity contribution in [2.24, 2.45) is 5.41 Å². The Hall–Kier alpha value is -1.49. The van der Waals surface area contributed by atoms with Gasteiger partial charge in [0.25, 0.3) is 5.92 Å². The summed E-state index contributed by atoms with van der Waals surface area (Å²) in [7, 11) is 0. The molecule has 5 heteroatoms. The summed E-state index contributed by atoms with van der Waals surface area (Å²) in [6, 6.07) is 9.76. The standard InChI is InChI=1S/C16H15BrF2O2/c1-15(2,14(20)21)9-16(18,19)12-7-8-13(17)11-6-4-3-5-10(11)12/h3-8H,9H2,1-2H3,(H,20,21). The van der Waals surface area contributed by atoms with Gasteiger partial charge in [-0.1, -0.05) is 46.3 Å². The number of rotatable bonds is 4. The highest BCUT2D eigenvalue weighted by Gasteiger charge is 2.43. The molecule has 0 amide bonds. The Morgan fingerprint density at radius 2 is 1.71 bits per heavy atom. The van der Waals surface area contributed by atoms with Gasteiger partial charge in [0, 0.05) is 16.5 Å². The van der Waals surface area contributed by atoms with Crippen molar-refractivity contribution in [3.05, 3.63) is 46.4 Å². The molecule has 0 fully saturated rings. The number of halogens is 3. The van der Waals surface area contributed by atoms with E-state index >= 15 is 0 Å². The molecule has 0 spiro atoms. The van der Waals surface area contributed by atoms with Crippen LogP contribution in [0.1, 0.15) is 25.8 Å². The number of hydrogen-bond donors (Lipinski definition) is 1. The normalized spacial score (nSPS) is 12.6. The van der Waals surface area contributed by atoms with Crippen molar-refractivity contribution in [3.63, 3.8) is 0 Å². The van der Waals surface area contributed by atoms with Crippen molar-refractivity contribution < 1.29 is 18.7 Å². The molecule has 21 heavy (non-hydrogen) atoms. The summed E-state index contributed by atoms with van der Waals surface area (Å²) in [6.45, 7) is 2.62. The third-order valence-corrected chi connectivity index (χ3v) is 4.20. The number of carboxylic acids is 1. The first-order chi connectivity index (χ1) is 9.65. The zero-order valence-corrected chi connectivity index (χ0v) is 13.2. The highest BCUT2D eigenvalue weighted by atomic mass is 79.9. The molecular weight excluding hydrogens is 342 g/mol. The van der Waals surface area contributed by atoms with Crippen LogP contribution in [0.4, 0.5) is 8.78 Å². The van der Waals surface area contributed by atoms with E-state index < -0.39 is 23.7 Å². The van der Waals surface area contributed by atoms with Gasteiger partial charge in [0.05, 0.1) is 5.41 Å². The number of carboxylic acid groups (broad SMARTS) is 1. The fraction of sp³-hybridized carbons (Fsp3) is 0.312. The van der Waals surface area contributed by atoms with Crippen LogP contribution in [-0.4, -0.2) is 11.1 Å². The first-order valence-corrected chi connectivity index (χ1v) is 7.23. The third kappa shape index (κ3) is 3.07. The Morgan fingerprint density at radius 3 is 2.29 bits per heavy atom. The van der Waals surface area contributed by atoms with Crippen molar-refractivity contribution in [1.82, 2.24) is 0 Å². The molecule has 0 heterocycles. The lowest BCUT2D eigenvalue weighted by Crippen LogP contribution is -2.31.